The van der Waals surface area contributed by atoms with E-state index in [1.54, 1.807) is 0 Å². The Hall–Kier alpha value is -4.66. The van der Waals surface area contributed by atoms with Crippen molar-refractivity contribution >= 4 is 22.8 Å². The van der Waals surface area contributed by atoms with Crippen molar-refractivity contribution in [1.82, 2.24) is 10.3 Å². The number of Topliss-reactive ketones (excluding diaryl/α,β-unsaturated/α-hetero) is 1. The lowest BCUT2D eigenvalue weighted by atomic mass is 9.85. The average Bonchev–Trinajstić information content (AvgIpc) is 3.36. The zero-order valence-corrected chi connectivity index (χ0v) is 22.1. The Bertz CT molecular complexity index is 1670. The van der Waals surface area contributed by atoms with Gasteiger partial charge in [0.1, 0.15) is 30.3 Å². The molecule has 0 atom stereocenters. The molecule has 0 saturated heterocycles. The van der Waals surface area contributed by atoms with Crippen molar-refractivity contribution in [3.63, 3.8) is 0 Å². The fourth-order valence-corrected chi connectivity index (χ4v) is 4.41. The number of hydrogen-bond donors (Lipinski definition) is 1. The van der Waals surface area contributed by atoms with Crippen molar-refractivity contribution in [2.24, 2.45) is 5.41 Å². The number of alkyl halides is 5. The van der Waals surface area contributed by atoms with Crippen molar-refractivity contribution in [3.8, 4) is 28.5 Å². The number of nitrogens with one attached hydrogen (secondary N) is 1. The number of carbonyl (C=O) groups is 2. The summed E-state index contributed by atoms with van der Waals surface area (Å²) < 4.78 is 85.9. The van der Waals surface area contributed by atoms with Crippen LogP contribution in [0.3, 0.4) is 0 Å². The summed E-state index contributed by atoms with van der Waals surface area (Å²) in [6.45, 7) is -2.76. The summed E-state index contributed by atoms with van der Waals surface area (Å²) in [4.78, 5) is 30.2. The van der Waals surface area contributed by atoms with Gasteiger partial charge in [0.25, 0.3) is 5.91 Å². The third-order valence-electron chi connectivity index (χ3n) is 6.71. The van der Waals surface area contributed by atoms with E-state index in [0.717, 1.165) is 12.1 Å². The first-order chi connectivity index (χ1) is 19.9. The molecule has 0 aliphatic carbocycles. The molecule has 2 aromatic heterocycles. The summed E-state index contributed by atoms with van der Waals surface area (Å²) in [5, 5.41) is 11.8. The number of benzene rings is 2. The van der Waals surface area contributed by atoms with Gasteiger partial charge in [-0.15, -0.1) is 0 Å². The van der Waals surface area contributed by atoms with Crippen LogP contribution in [0.15, 0.2) is 59.0 Å². The molecule has 1 amide bonds. The van der Waals surface area contributed by atoms with E-state index in [1.807, 2.05) is 0 Å². The molecular formula is C30H23F6N3O3. The molecule has 0 radical (unpaired) electrons. The predicted molar refractivity (Wildman–Crippen MR) is 142 cm³/mol. The number of nitrogens with zero attached hydrogens (tertiary/aromatic N) is 2. The molecule has 4 rings (SSSR count). The highest BCUT2D eigenvalue weighted by atomic mass is 19.4. The van der Waals surface area contributed by atoms with E-state index in [0.29, 0.717) is 5.56 Å². The third kappa shape index (κ3) is 6.30. The summed E-state index contributed by atoms with van der Waals surface area (Å²) in [6.07, 6.45) is -7.08. The fraction of sp³-hybridized carbons (Fsp3) is 0.267. The Morgan fingerprint density at radius 1 is 1.02 bits per heavy atom. The minimum Gasteiger partial charge on any atom is -0.437 e. The fourth-order valence-electron chi connectivity index (χ4n) is 4.41. The standard InChI is InChI=1S/C30H23F6N3O3/c1-38-27(41)25-22-12-21(18-3-2-4-19(11-18)24(40)13-29(14-31,15-32)16-37)23(9-10-30(34,35)36)39-28(22)42-26(25)17-5-7-20(33)8-6-17/h2-8,11-12H,9-10,13-15H2,1H3,(H,38,41). The van der Waals surface area contributed by atoms with Gasteiger partial charge in [-0.1, -0.05) is 18.2 Å². The van der Waals surface area contributed by atoms with Gasteiger partial charge >= 0.3 is 6.18 Å². The number of ketones is 1. The second kappa shape index (κ2) is 12.1. The Labute approximate surface area is 236 Å². The van der Waals surface area contributed by atoms with Crippen LogP contribution >= 0.6 is 0 Å². The van der Waals surface area contributed by atoms with E-state index in [4.69, 9.17) is 4.42 Å². The largest absolute Gasteiger partial charge is 0.437 e. The molecule has 1 N–H and O–H groups in total. The first kappa shape index (κ1) is 30.3. The second-order valence-corrected chi connectivity index (χ2v) is 9.68. The van der Waals surface area contributed by atoms with Crippen molar-refractivity contribution in [2.45, 2.75) is 25.4 Å². The monoisotopic (exact) mass is 587 g/mol. The van der Waals surface area contributed by atoms with Gasteiger partial charge in [0.05, 0.1) is 22.7 Å². The molecule has 6 nitrogen and oxygen atoms in total. The van der Waals surface area contributed by atoms with Crippen LogP contribution in [-0.2, 0) is 6.42 Å². The van der Waals surface area contributed by atoms with Gasteiger partial charge < -0.3 is 9.73 Å². The second-order valence-electron chi connectivity index (χ2n) is 9.68. The summed E-state index contributed by atoms with van der Waals surface area (Å²) >= 11 is 0. The van der Waals surface area contributed by atoms with Gasteiger partial charge in [-0.3, -0.25) is 9.59 Å². The maximum absolute atomic E-state index is 13.6. The minimum atomic E-state index is -4.53. The molecule has 2 aromatic carbocycles. The lowest BCUT2D eigenvalue weighted by molar-refractivity contribution is -0.134. The van der Waals surface area contributed by atoms with Crippen LogP contribution in [0.25, 0.3) is 33.6 Å². The summed E-state index contributed by atoms with van der Waals surface area (Å²) in [7, 11) is 1.37. The molecule has 2 heterocycles. The lowest BCUT2D eigenvalue weighted by Crippen LogP contribution is -2.27. The maximum Gasteiger partial charge on any atom is 0.389 e. The van der Waals surface area contributed by atoms with Crippen LogP contribution in [0.5, 0.6) is 0 Å². The summed E-state index contributed by atoms with van der Waals surface area (Å²) in [6, 6.07) is 13.6. The van der Waals surface area contributed by atoms with Gasteiger partial charge in [-0.25, -0.2) is 18.2 Å². The maximum atomic E-state index is 13.6. The first-order valence-corrected chi connectivity index (χ1v) is 12.6. The number of pyridine rings is 1. The molecule has 0 aliphatic rings. The number of nitriles is 1. The highest BCUT2D eigenvalue weighted by Crippen LogP contribution is 2.38. The topological polar surface area (TPSA) is 96.0 Å². The van der Waals surface area contributed by atoms with Gasteiger partial charge in [0.15, 0.2) is 5.78 Å². The molecule has 0 saturated carbocycles. The lowest BCUT2D eigenvalue weighted by Gasteiger charge is -2.18. The highest BCUT2D eigenvalue weighted by Gasteiger charge is 2.34. The van der Waals surface area contributed by atoms with E-state index in [1.165, 1.54) is 55.6 Å². The molecule has 0 unspecified atom stereocenters. The molecule has 42 heavy (non-hydrogen) atoms. The number of carbonyl (C=O) groups excluding carboxylic acids is 2. The van der Waals surface area contributed by atoms with Crippen molar-refractivity contribution < 1.29 is 40.3 Å². The summed E-state index contributed by atoms with van der Waals surface area (Å²) in [5.41, 5.74) is -1.64. The first-order valence-electron chi connectivity index (χ1n) is 12.6. The number of aryl methyl sites for hydroxylation is 1. The summed E-state index contributed by atoms with van der Waals surface area (Å²) in [5.74, 6) is -1.86. The van der Waals surface area contributed by atoms with Crippen molar-refractivity contribution in [2.75, 3.05) is 20.4 Å². The minimum absolute atomic E-state index is 0.00663. The molecule has 12 heteroatoms. The molecule has 0 aliphatic heterocycles. The SMILES string of the molecule is CNC(=O)c1c(-c2ccc(F)cc2)oc2nc(CCC(F)(F)F)c(-c3cccc(C(=O)CC(C#N)(CF)CF)c3)cc12. The Morgan fingerprint density at radius 3 is 2.31 bits per heavy atom. The van der Waals surface area contributed by atoms with Gasteiger partial charge in [-0.2, -0.15) is 18.4 Å². The number of hydrogen-bond acceptors (Lipinski definition) is 5. The average molecular weight is 588 g/mol. The number of rotatable bonds is 10. The normalized spacial score (nSPS) is 11.9. The van der Waals surface area contributed by atoms with E-state index in [9.17, 15) is 41.2 Å². The molecular weight excluding hydrogens is 564 g/mol. The quantitative estimate of drug-likeness (QED) is 0.157. The van der Waals surface area contributed by atoms with Crippen LogP contribution in [-0.4, -0.2) is 43.2 Å². The highest BCUT2D eigenvalue weighted by molar-refractivity contribution is 6.11. The molecule has 218 valence electrons. The van der Waals surface area contributed by atoms with Crippen LogP contribution < -0.4 is 5.32 Å². The van der Waals surface area contributed by atoms with Gasteiger partial charge in [0, 0.05) is 36.6 Å². The van der Waals surface area contributed by atoms with E-state index in [2.05, 4.69) is 10.3 Å². The number of amides is 1. The van der Waals surface area contributed by atoms with Crippen LogP contribution in [0.1, 0.15) is 39.3 Å². The molecule has 0 spiro atoms. The molecule has 0 bridgehead atoms. The van der Waals surface area contributed by atoms with Gasteiger partial charge in [-0.05, 0) is 48.4 Å². The van der Waals surface area contributed by atoms with E-state index >= 15 is 0 Å². The van der Waals surface area contributed by atoms with Crippen molar-refractivity contribution in [1.29, 1.82) is 5.26 Å². The van der Waals surface area contributed by atoms with E-state index < -0.39 is 61.7 Å². The number of fused-ring (bicyclic) bond motifs is 1. The van der Waals surface area contributed by atoms with E-state index in [-0.39, 0.29) is 44.8 Å². The number of aromatic nitrogens is 1. The van der Waals surface area contributed by atoms with Crippen LogP contribution in [0.4, 0.5) is 26.3 Å². The smallest absolute Gasteiger partial charge is 0.389 e. The predicted octanol–water partition coefficient (Wildman–Crippen LogP) is 7.18. The molecule has 4 aromatic rings. The zero-order chi connectivity index (χ0) is 30.7. The van der Waals surface area contributed by atoms with Crippen LogP contribution in [0, 0.1) is 22.6 Å². The Balaban J connectivity index is 1.91. The van der Waals surface area contributed by atoms with Gasteiger partial charge in [0.2, 0.25) is 5.71 Å². The Morgan fingerprint density at radius 2 is 1.71 bits per heavy atom. The van der Waals surface area contributed by atoms with Crippen molar-refractivity contribution in [3.05, 3.63) is 77.2 Å². The number of furan rings is 1. The molecule has 0 fully saturated rings. The van der Waals surface area contributed by atoms with Crippen LogP contribution in [0.2, 0.25) is 0 Å². The number of halogens is 6. The zero-order valence-electron chi connectivity index (χ0n) is 22.1. The Kier molecular flexibility index (Phi) is 8.70. The third-order valence-corrected chi connectivity index (χ3v) is 6.71.